The highest BCUT2D eigenvalue weighted by Gasteiger charge is 2.05. The van der Waals surface area contributed by atoms with Crippen LogP contribution in [0.25, 0.3) is 0 Å². The monoisotopic (exact) mass is 223 g/mol. The predicted octanol–water partition coefficient (Wildman–Crippen LogP) is 4.76. The number of rotatable bonds is 9. The van der Waals surface area contributed by atoms with Gasteiger partial charge in [0.1, 0.15) is 0 Å². The summed E-state index contributed by atoms with van der Waals surface area (Å²) in [5.41, 5.74) is 1.41. The molecule has 0 unspecified atom stereocenters. The molecule has 0 N–H and O–H groups in total. The van der Waals surface area contributed by atoms with Crippen molar-refractivity contribution in [1.29, 1.82) is 0 Å². The summed E-state index contributed by atoms with van der Waals surface area (Å²) in [6.45, 7) is 11.2. The summed E-state index contributed by atoms with van der Waals surface area (Å²) < 4.78 is 0. The molecular weight excluding hydrogens is 194 g/mol. The van der Waals surface area contributed by atoms with E-state index in [2.05, 4.69) is 50.8 Å². The van der Waals surface area contributed by atoms with Gasteiger partial charge in [0.05, 0.1) is 0 Å². The molecule has 0 saturated heterocycles. The van der Waals surface area contributed by atoms with Gasteiger partial charge in [-0.25, -0.2) is 0 Å². The maximum Gasteiger partial charge on any atom is 0.0322 e. The summed E-state index contributed by atoms with van der Waals surface area (Å²) in [5, 5.41) is 0. The van der Waals surface area contributed by atoms with Crippen LogP contribution >= 0.6 is 0 Å². The topological polar surface area (TPSA) is 3.24 Å². The SMILES string of the molecule is C/C=C\C(=C/CC)N(CCCC)CCCC. The zero-order valence-corrected chi connectivity index (χ0v) is 11.6. The average molecular weight is 223 g/mol. The van der Waals surface area contributed by atoms with Gasteiger partial charge in [0.2, 0.25) is 0 Å². The summed E-state index contributed by atoms with van der Waals surface area (Å²) in [4.78, 5) is 2.54. The second kappa shape index (κ2) is 10.8. The fourth-order valence-corrected chi connectivity index (χ4v) is 1.75. The van der Waals surface area contributed by atoms with E-state index in [0.717, 1.165) is 6.42 Å². The molecule has 0 heterocycles. The van der Waals surface area contributed by atoms with Gasteiger partial charge in [0.15, 0.2) is 0 Å². The van der Waals surface area contributed by atoms with Gasteiger partial charge in [-0.1, -0.05) is 45.8 Å². The molecule has 0 saturated carbocycles. The lowest BCUT2D eigenvalue weighted by Crippen LogP contribution is -2.24. The van der Waals surface area contributed by atoms with Crippen LogP contribution in [0, 0.1) is 0 Å². The van der Waals surface area contributed by atoms with Crippen LogP contribution in [-0.2, 0) is 0 Å². The van der Waals surface area contributed by atoms with Crippen LogP contribution < -0.4 is 0 Å². The van der Waals surface area contributed by atoms with E-state index in [-0.39, 0.29) is 0 Å². The van der Waals surface area contributed by atoms with Crippen molar-refractivity contribution < 1.29 is 0 Å². The Morgan fingerprint density at radius 2 is 1.56 bits per heavy atom. The van der Waals surface area contributed by atoms with Gasteiger partial charge in [-0.2, -0.15) is 0 Å². The Hall–Kier alpha value is -0.720. The van der Waals surface area contributed by atoms with Gasteiger partial charge in [-0.3, -0.25) is 0 Å². The summed E-state index contributed by atoms with van der Waals surface area (Å²) in [6.07, 6.45) is 13.0. The standard InChI is InChI=1S/C15H29N/c1-5-9-13-16(14-10-6-2)15(11-7-3)12-8-4/h7,11-12H,5-6,8-10,13-14H2,1-4H3/b11-7-,15-12+. The number of nitrogens with zero attached hydrogens (tertiary/aromatic N) is 1. The van der Waals surface area contributed by atoms with Crippen molar-refractivity contribution in [1.82, 2.24) is 4.90 Å². The van der Waals surface area contributed by atoms with Crippen LogP contribution in [0.3, 0.4) is 0 Å². The molecule has 0 rings (SSSR count). The van der Waals surface area contributed by atoms with Crippen molar-refractivity contribution in [2.24, 2.45) is 0 Å². The fourth-order valence-electron chi connectivity index (χ4n) is 1.75. The third-order valence-electron chi connectivity index (χ3n) is 2.68. The van der Waals surface area contributed by atoms with E-state index in [1.54, 1.807) is 0 Å². The lowest BCUT2D eigenvalue weighted by molar-refractivity contribution is 0.339. The summed E-state index contributed by atoms with van der Waals surface area (Å²) in [7, 11) is 0. The van der Waals surface area contributed by atoms with Crippen LogP contribution in [0.4, 0.5) is 0 Å². The maximum atomic E-state index is 2.54. The minimum Gasteiger partial charge on any atom is -0.372 e. The largest absolute Gasteiger partial charge is 0.372 e. The molecule has 0 bridgehead atoms. The first kappa shape index (κ1) is 15.3. The Bertz CT molecular complexity index is 195. The molecule has 0 aliphatic rings. The third kappa shape index (κ3) is 6.71. The molecule has 0 aliphatic carbocycles. The fraction of sp³-hybridized carbons (Fsp3) is 0.733. The molecule has 94 valence electrons. The molecule has 16 heavy (non-hydrogen) atoms. The van der Waals surface area contributed by atoms with Crippen LogP contribution in [0.2, 0.25) is 0 Å². The smallest absolute Gasteiger partial charge is 0.0322 e. The van der Waals surface area contributed by atoms with Crippen molar-refractivity contribution in [2.45, 2.75) is 59.8 Å². The molecule has 0 amide bonds. The molecule has 0 spiro atoms. The molecule has 0 aromatic carbocycles. The Morgan fingerprint density at radius 1 is 1.00 bits per heavy atom. The van der Waals surface area contributed by atoms with Crippen LogP contribution in [0.15, 0.2) is 23.9 Å². The molecule has 0 radical (unpaired) electrons. The zero-order chi connectivity index (χ0) is 12.2. The van der Waals surface area contributed by atoms with Crippen LogP contribution in [0.5, 0.6) is 0 Å². The van der Waals surface area contributed by atoms with Gasteiger partial charge in [-0.05, 0) is 32.3 Å². The first-order valence-electron chi connectivity index (χ1n) is 6.87. The van der Waals surface area contributed by atoms with Gasteiger partial charge >= 0.3 is 0 Å². The lowest BCUT2D eigenvalue weighted by Gasteiger charge is -2.25. The Kier molecular flexibility index (Phi) is 10.3. The molecule has 0 aromatic heterocycles. The zero-order valence-electron chi connectivity index (χ0n) is 11.6. The molecule has 0 fully saturated rings. The maximum absolute atomic E-state index is 2.54. The second-order valence-electron chi connectivity index (χ2n) is 4.23. The van der Waals surface area contributed by atoms with Crippen molar-refractivity contribution in [2.75, 3.05) is 13.1 Å². The first-order valence-corrected chi connectivity index (χ1v) is 6.87. The van der Waals surface area contributed by atoms with E-state index in [1.807, 2.05) is 0 Å². The summed E-state index contributed by atoms with van der Waals surface area (Å²) in [6, 6.07) is 0. The number of hydrogen-bond acceptors (Lipinski definition) is 1. The van der Waals surface area contributed by atoms with Crippen LogP contribution in [-0.4, -0.2) is 18.0 Å². The number of hydrogen-bond donors (Lipinski definition) is 0. The van der Waals surface area contributed by atoms with Crippen molar-refractivity contribution in [3.63, 3.8) is 0 Å². The third-order valence-corrected chi connectivity index (χ3v) is 2.68. The highest BCUT2D eigenvalue weighted by atomic mass is 15.1. The minimum absolute atomic E-state index is 1.12. The first-order chi connectivity index (χ1) is 7.79. The second-order valence-corrected chi connectivity index (χ2v) is 4.23. The Labute approximate surface area is 102 Å². The quantitative estimate of drug-likeness (QED) is 0.509. The minimum atomic E-state index is 1.12. The van der Waals surface area contributed by atoms with Crippen molar-refractivity contribution >= 4 is 0 Å². The highest BCUT2D eigenvalue weighted by molar-refractivity contribution is 5.16. The van der Waals surface area contributed by atoms with E-state index < -0.39 is 0 Å². The molecule has 0 atom stereocenters. The average Bonchev–Trinajstić information content (AvgIpc) is 2.29. The van der Waals surface area contributed by atoms with Crippen LogP contribution in [0.1, 0.15) is 59.8 Å². The molecule has 0 aliphatic heterocycles. The van der Waals surface area contributed by atoms with E-state index >= 15 is 0 Å². The van der Waals surface area contributed by atoms with Crippen molar-refractivity contribution in [3.8, 4) is 0 Å². The molecule has 1 nitrogen and oxygen atoms in total. The predicted molar refractivity (Wildman–Crippen MR) is 74.6 cm³/mol. The Morgan fingerprint density at radius 3 is 1.94 bits per heavy atom. The normalized spacial score (nSPS) is 12.4. The van der Waals surface area contributed by atoms with Gasteiger partial charge in [0.25, 0.3) is 0 Å². The number of allylic oxidation sites excluding steroid dienone is 3. The van der Waals surface area contributed by atoms with Gasteiger partial charge in [0, 0.05) is 18.8 Å². The highest BCUT2D eigenvalue weighted by Crippen LogP contribution is 2.11. The van der Waals surface area contributed by atoms with Gasteiger partial charge < -0.3 is 4.90 Å². The Balaban J connectivity index is 4.46. The lowest BCUT2D eigenvalue weighted by atomic mass is 10.2. The molecular formula is C15H29N. The summed E-state index contributed by atoms with van der Waals surface area (Å²) in [5.74, 6) is 0. The summed E-state index contributed by atoms with van der Waals surface area (Å²) >= 11 is 0. The van der Waals surface area contributed by atoms with E-state index in [0.29, 0.717) is 0 Å². The van der Waals surface area contributed by atoms with E-state index in [1.165, 1.54) is 44.5 Å². The molecule has 1 heteroatoms. The number of unbranched alkanes of at least 4 members (excludes halogenated alkanes) is 2. The van der Waals surface area contributed by atoms with Crippen molar-refractivity contribution in [3.05, 3.63) is 23.9 Å². The van der Waals surface area contributed by atoms with E-state index in [9.17, 15) is 0 Å². The molecule has 0 aromatic rings. The van der Waals surface area contributed by atoms with E-state index in [4.69, 9.17) is 0 Å². The van der Waals surface area contributed by atoms with Gasteiger partial charge in [-0.15, -0.1) is 0 Å².